The Morgan fingerprint density at radius 3 is 2.87 bits per heavy atom. The molecule has 23 heavy (non-hydrogen) atoms. The van der Waals surface area contributed by atoms with Gasteiger partial charge in [-0.1, -0.05) is 41.4 Å². The van der Waals surface area contributed by atoms with E-state index in [2.05, 4.69) is 5.10 Å². The second kappa shape index (κ2) is 6.34. The van der Waals surface area contributed by atoms with E-state index in [1.807, 2.05) is 31.2 Å². The molecule has 0 fully saturated rings. The van der Waals surface area contributed by atoms with Crippen molar-refractivity contribution in [2.24, 2.45) is 0 Å². The molecule has 1 aromatic heterocycles. The van der Waals surface area contributed by atoms with Crippen LogP contribution in [0, 0.1) is 0 Å². The number of rotatable bonds is 2. The number of halogens is 2. The van der Waals surface area contributed by atoms with Crippen molar-refractivity contribution >= 4 is 34.8 Å². The molecule has 0 bridgehead atoms. The van der Waals surface area contributed by atoms with E-state index in [4.69, 9.17) is 23.2 Å². The molecule has 2 aromatic rings. The molecule has 3 rings (SSSR count). The Morgan fingerprint density at radius 2 is 2.09 bits per heavy atom. The normalized spacial score (nSPS) is 17.0. The summed E-state index contributed by atoms with van der Waals surface area (Å²) in [6.07, 6.45) is 3.09. The van der Waals surface area contributed by atoms with Gasteiger partial charge in [0.2, 0.25) is 5.91 Å². The van der Waals surface area contributed by atoms with Crippen molar-refractivity contribution < 1.29 is 4.79 Å². The number of fused-ring (bicyclic) bond motifs is 1. The maximum atomic E-state index is 12.7. The highest BCUT2D eigenvalue weighted by molar-refractivity contribution is 6.41. The molecule has 0 saturated carbocycles. The fourth-order valence-electron chi connectivity index (χ4n) is 2.83. The van der Waals surface area contributed by atoms with E-state index in [0.717, 1.165) is 28.8 Å². The number of nitrogens with zero attached hydrogens (tertiary/aromatic N) is 3. The maximum absolute atomic E-state index is 12.7. The van der Waals surface area contributed by atoms with Gasteiger partial charge in [0.05, 0.1) is 11.2 Å². The first-order valence-electron chi connectivity index (χ1n) is 7.30. The van der Waals surface area contributed by atoms with E-state index in [1.165, 1.54) is 6.20 Å². The minimum absolute atomic E-state index is 0.0656. The molecule has 0 saturated heterocycles. The van der Waals surface area contributed by atoms with Crippen molar-refractivity contribution in [2.75, 3.05) is 4.90 Å². The summed E-state index contributed by atoms with van der Waals surface area (Å²) in [5, 5.41) is 3.85. The average molecular weight is 352 g/mol. The molecule has 1 aliphatic heterocycles. The Balaban J connectivity index is 1.92. The minimum Gasteiger partial charge on any atom is -0.308 e. The van der Waals surface area contributed by atoms with Crippen LogP contribution in [0.25, 0.3) is 0 Å². The van der Waals surface area contributed by atoms with Crippen molar-refractivity contribution in [3.05, 3.63) is 56.4 Å². The SMILES string of the molecule is CC1CCc2ccccc2N1C(=O)Cn1ncc(Cl)c(Cl)c1=O. The van der Waals surface area contributed by atoms with Gasteiger partial charge in [0, 0.05) is 11.7 Å². The van der Waals surface area contributed by atoms with Gasteiger partial charge in [0.25, 0.3) is 5.56 Å². The number of aryl methyl sites for hydroxylation is 1. The second-order valence-corrected chi connectivity index (χ2v) is 6.33. The van der Waals surface area contributed by atoms with Crippen molar-refractivity contribution in [3.8, 4) is 0 Å². The van der Waals surface area contributed by atoms with Gasteiger partial charge in [-0.05, 0) is 31.4 Å². The first-order chi connectivity index (χ1) is 11.0. The zero-order chi connectivity index (χ0) is 16.6. The summed E-state index contributed by atoms with van der Waals surface area (Å²) in [5.41, 5.74) is 1.46. The molecule has 0 radical (unpaired) electrons. The van der Waals surface area contributed by atoms with Crippen LogP contribution in [0.4, 0.5) is 5.69 Å². The summed E-state index contributed by atoms with van der Waals surface area (Å²) in [6.45, 7) is 1.83. The number of aromatic nitrogens is 2. The van der Waals surface area contributed by atoms with Crippen LogP contribution in [0.15, 0.2) is 35.3 Å². The van der Waals surface area contributed by atoms with Gasteiger partial charge in [-0.3, -0.25) is 9.59 Å². The maximum Gasteiger partial charge on any atom is 0.287 e. The number of carbonyl (C=O) groups excluding carboxylic acids is 1. The molecule has 120 valence electrons. The molecule has 1 aliphatic rings. The van der Waals surface area contributed by atoms with E-state index in [1.54, 1.807) is 4.90 Å². The first-order valence-corrected chi connectivity index (χ1v) is 8.05. The van der Waals surface area contributed by atoms with Gasteiger partial charge >= 0.3 is 0 Å². The zero-order valence-electron chi connectivity index (χ0n) is 12.5. The van der Waals surface area contributed by atoms with Crippen molar-refractivity contribution in [3.63, 3.8) is 0 Å². The fraction of sp³-hybridized carbons (Fsp3) is 0.312. The fourth-order valence-corrected chi connectivity index (χ4v) is 3.10. The van der Waals surface area contributed by atoms with E-state index in [-0.39, 0.29) is 28.5 Å². The van der Waals surface area contributed by atoms with Crippen LogP contribution in [0.2, 0.25) is 10.0 Å². The lowest BCUT2D eigenvalue weighted by Crippen LogP contribution is -2.45. The molecule has 1 atom stereocenters. The summed E-state index contributed by atoms with van der Waals surface area (Å²) in [6, 6.07) is 7.87. The van der Waals surface area contributed by atoms with Crippen LogP contribution in [0.1, 0.15) is 18.9 Å². The van der Waals surface area contributed by atoms with Crippen molar-refractivity contribution in [1.82, 2.24) is 9.78 Å². The standard InChI is InChI=1S/C16H15Cl2N3O2/c1-10-6-7-11-4-2-3-5-13(11)21(10)14(22)9-20-16(23)15(18)12(17)8-19-20/h2-5,8,10H,6-7,9H2,1H3. The number of amides is 1. The number of hydrogen-bond donors (Lipinski definition) is 0. The molecule has 5 nitrogen and oxygen atoms in total. The highest BCUT2D eigenvalue weighted by atomic mass is 35.5. The lowest BCUT2D eigenvalue weighted by Gasteiger charge is -2.35. The van der Waals surface area contributed by atoms with Gasteiger partial charge in [-0.2, -0.15) is 5.10 Å². The number of benzene rings is 1. The van der Waals surface area contributed by atoms with E-state index >= 15 is 0 Å². The Hall–Kier alpha value is -1.85. The summed E-state index contributed by atoms with van der Waals surface area (Å²) in [4.78, 5) is 26.5. The zero-order valence-corrected chi connectivity index (χ0v) is 14.0. The largest absolute Gasteiger partial charge is 0.308 e. The minimum atomic E-state index is -0.564. The van der Waals surface area contributed by atoms with Crippen molar-refractivity contribution in [1.29, 1.82) is 0 Å². The number of hydrogen-bond acceptors (Lipinski definition) is 3. The third kappa shape index (κ3) is 2.99. The first kappa shape index (κ1) is 16.0. The molecule has 0 spiro atoms. The van der Waals surface area contributed by atoms with Crippen molar-refractivity contribution in [2.45, 2.75) is 32.4 Å². The van der Waals surface area contributed by atoms with Gasteiger partial charge < -0.3 is 4.90 Å². The lowest BCUT2D eigenvalue weighted by molar-refractivity contribution is -0.120. The van der Waals surface area contributed by atoms with Gasteiger partial charge in [-0.15, -0.1) is 0 Å². The van der Waals surface area contributed by atoms with Gasteiger partial charge in [0.15, 0.2) is 0 Å². The molecular formula is C16H15Cl2N3O2. The Morgan fingerprint density at radius 1 is 1.35 bits per heavy atom. The topological polar surface area (TPSA) is 55.2 Å². The lowest BCUT2D eigenvalue weighted by atomic mass is 9.96. The summed E-state index contributed by atoms with van der Waals surface area (Å²) < 4.78 is 1.04. The summed E-state index contributed by atoms with van der Waals surface area (Å²) in [7, 11) is 0. The molecule has 2 heterocycles. The highest BCUT2D eigenvalue weighted by Crippen LogP contribution is 2.30. The van der Waals surface area contributed by atoms with Crippen LogP contribution < -0.4 is 10.5 Å². The van der Waals surface area contributed by atoms with E-state index in [9.17, 15) is 9.59 Å². The predicted molar refractivity (Wildman–Crippen MR) is 90.2 cm³/mol. The Labute approximate surface area is 143 Å². The Bertz CT molecular complexity index is 819. The van der Waals surface area contributed by atoms with Gasteiger partial charge in [-0.25, -0.2) is 4.68 Å². The molecular weight excluding hydrogens is 337 g/mol. The smallest absolute Gasteiger partial charge is 0.287 e. The predicted octanol–water partition coefficient (Wildman–Crippen LogP) is 2.92. The van der Waals surface area contributed by atoms with Crippen LogP contribution >= 0.6 is 23.2 Å². The third-order valence-corrected chi connectivity index (χ3v) is 4.77. The molecule has 1 unspecified atom stereocenters. The molecule has 1 amide bonds. The average Bonchev–Trinajstić information content (AvgIpc) is 2.55. The third-order valence-electron chi connectivity index (χ3n) is 4.02. The second-order valence-electron chi connectivity index (χ2n) is 5.55. The van der Waals surface area contributed by atoms with E-state index in [0.29, 0.717) is 0 Å². The van der Waals surface area contributed by atoms with Crippen LogP contribution in [0.5, 0.6) is 0 Å². The van der Waals surface area contributed by atoms with Gasteiger partial charge in [0.1, 0.15) is 11.6 Å². The van der Waals surface area contributed by atoms with Crippen LogP contribution in [-0.2, 0) is 17.8 Å². The molecule has 7 heteroatoms. The summed E-state index contributed by atoms with van der Waals surface area (Å²) in [5.74, 6) is -0.197. The molecule has 0 aliphatic carbocycles. The van der Waals surface area contributed by atoms with E-state index < -0.39 is 5.56 Å². The van der Waals surface area contributed by atoms with Crippen LogP contribution in [0.3, 0.4) is 0 Å². The highest BCUT2D eigenvalue weighted by Gasteiger charge is 2.28. The summed E-state index contributed by atoms with van der Waals surface area (Å²) >= 11 is 11.6. The molecule has 1 aromatic carbocycles. The number of carbonyl (C=O) groups is 1. The number of anilines is 1. The molecule has 0 N–H and O–H groups in total. The Kier molecular flexibility index (Phi) is 4.41. The number of para-hydroxylation sites is 1. The monoisotopic (exact) mass is 351 g/mol. The van der Waals surface area contributed by atoms with Crippen LogP contribution in [-0.4, -0.2) is 21.7 Å². The quantitative estimate of drug-likeness (QED) is 0.835.